The molecule has 1 aliphatic heterocycles. The number of hydrogen-bond donors (Lipinski definition) is 1. The molecule has 1 unspecified atom stereocenters. The number of ether oxygens (including phenoxy) is 4. The van der Waals surface area contributed by atoms with E-state index in [2.05, 4.69) is 8.75 Å². The van der Waals surface area contributed by atoms with Crippen LogP contribution in [0.15, 0.2) is 84.4 Å². The third kappa shape index (κ3) is 7.20. The number of aliphatic hydroxyl groups is 1. The van der Waals surface area contributed by atoms with E-state index in [1.807, 2.05) is 86.5 Å². The molecule has 0 spiro atoms. The fourth-order valence-electron chi connectivity index (χ4n) is 5.45. The van der Waals surface area contributed by atoms with E-state index in [0.717, 1.165) is 46.0 Å². The number of rotatable bonds is 10. The molecule has 1 N–H and O–H groups in total. The lowest BCUT2D eigenvalue weighted by atomic mass is 9.87. The van der Waals surface area contributed by atoms with Crippen molar-refractivity contribution in [3.63, 3.8) is 0 Å². The molecule has 11 nitrogen and oxygen atoms in total. The van der Waals surface area contributed by atoms with Crippen LogP contribution in [0.2, 0.25) is 0 Å². The number of nitrogens with zero attached hydrogens (tertiary/aromatic N) is 4. The van der Waals surface area contributed by atoms with Crippen LogP contribution < -0.4 is 24.0 Å². The van der Waals surface area contributed by atoms with Crippen molar-refractivity contribution in [3.05, 3.63) is 107 Å². The molecule has 4 aromatic carbocycles. The van der Waals surface area contributed by atoms with Crippen molar-refractivity contribution in [3.8, 4) is 17.2 Å². The first-order chi connectivity index (χ1) is 23.5. The predicted molar refractivity (Wildman–Crippen MR) is 191 cm³/mol. The van der Waals surface area contributed by atoms with Gasteiger partial charge in [0.1, 0.15) is 17.3 Å². The SMILES string of the molecule is CN(C)c1ccc(C=O)cc1.COc1cc(C2(O)OC(=O)C(c3ccc4nsnc4c3)=C2Cc2ccc(N(C)C)cc2)cc(OC)c1OC. The second-order valence-electron chi connectivity index (χ2n) is 11.6. The maximum absolute atomic E-state index is 13.4. The van der Waals surface area contributed by atoms with Crippen molar-refractivity contribution < 1.29 is 33.6 Å². The van der Waals surface area contributed by atoms with Gasteiger partial charge in [0.25, 0.3) is 5.79 Å². The van der Waals surface area contributed by atoms with Gasteiger partial charge in [-0.1, -0.05) is 18.2 Å². The van der Waals surface area contributed by atoms with Crippen LogP contribution in [-0.2, 0) is 21.7 Å². The van der Waals surface area contributed by atoms with Crippen molar-refractivity contribution >= 4 is 52.0 Å². The fraction of sp³-hybridized carbons (Fsp3) is 0.243. The highest BCUT2D eigenvalue weighted by Crippen LogP contribution is 2.49. The molecule has 1 atom stereocenters. The van der Waals surface area contributed by atoms with E-state index in [0.29, 0.717) is 33.9 Å². The van der Waals surface area contributed by atoms with E-state index >= 15 is 0 Å². The molecule has 1 aliphatic rings. The Labute approximate surface area is 289 Å². The number of anilines is 2. The topological polar surface area (TPSA) is 124 Å². The molecule has 0 amide bonds. The zero-order valence-corrected chi connectivity index (χ0v) is 29.2. The number of benzene rings is 4. The Morgan fingerprint density at radius 1 is 0.796 bits per heavy atom. The lowest BCUT2D eigenvalue weighted by Gasteiger charge is -2.27. The van der Waals surface area contributed by atoms with Gasteiger partial charge in [-0.2, -0.15) is 8.75 Å². The largest absolute Gasteiger partial charge is 0.493 e. The van der Waals surface area contributed by atoms with Crippen LogP contribution in [0, 0.1) is 0 Å². The third-order valence-corrected chi connectivity index (χ3v) is 8.69. The number of esters is 1. The van der Waals surface area contributed by atoms with E-state index < -0.39 is 11.8 Å². The Morgan fingerprint density at radius 3 is 1.90 bits per heavy atom. The minimum absolute atomic E-state index is 0.245. The summed E-state index contributed by atoms with van der Waals surface area (Å²) in [5.74, 6) is -1.73. The van der Waals surface area contributed by atoms with Crippen molar-refractivity contribution in [1.29, 1.82) is 0 Å². The quantitative estimate of drug-likeness (QED) is 0.143. The highest BCUT2D eigenvalue weighted by atomic mass is 32.1. The molecule has 0 bridgehead atoms. The van der Waals surface area contributed by atoms with Gasteiger partial charge in [0, 0.05) is 62.7 Å². The van der Waals surface area contributed by atoms with Crippen LogP contribution in [-0.4, -0.2) is 75.6 Å². The normalized spacial score (nSPS) is 15.3. The van der Waals surface area contributed by atoms with Gasteiger partial charge in [0.15, 0.2) is 11.5 Å². The molecule has 0 aliphatic carbocycles. The Balaban J connectivity index is 0.000000363. The molecule has 2 heterocycles. The second kappa shape index (κ2) is 14.8. The summed E-state index contributed by atoms with van der Waals surface area (Å²) in [7, 11) is 12.3. The number of carbonyl (C=O) groups is 2. The van der Waals surface area contributed by atoms with Crippen molar-refractivity contribution in [2.24, 2.45) is 0 Å². The third-order valence-electron chi connectivity index (χ3n) is 8.13. The van der Waals surface area contributed by atoms with E-state index in [1.165, 1.54) is 21.3 Å². The zero-order chi connectivity index (χ0) is 35.3. The monoisotopic (exact) mass is 682 g/mol. The van der Waals surface area contributed by atoms with Gasteiger partial charge in [0.2, 0.25) is 5.75 Å². The van der Waals surface area contributed by atoms with Crippen LogP contribution in [0.1, 0.15) is 27.0 Å². The van der Waals surface area contributed by atoms with Crippen LogP contribution in [0.3, 0.4) is 0 Å². The molecule has 0 saturated heterocycles. The number of fused-ring (bicyclic) bond motifs is 1. The summed E-state index contributed by atoms with van der Waals surface area (Å²) in [6.45, 7) is 0. The molecule has 254 valence electrons. The van der Waals surface area contributed by atoms with Crippen LogP contribution in [0.5, 0.6) is 17.2 Å². The summed E-state index contributed by atoms with van der Waals surface area (Å²) in [5, 5.41) is 12.1. The summed E-state index contributed by atoms with van der Waals surface area (Å²) < 4.78 is 30.8. The Bertz CT molecular complexity index is 1960. The van der Waals surface area contributed by atoms with Gasteiger partial charge in [-0.05, 0) is 71.8 Å². The number of aldehydes is 1. The number of cyclic esters (lactones) is 1. The van der Waals surface area contributed by atoms with E-state index in [4.69, 9.17) is 18.9 Å². The lowest BCUT2D eigenvalue weighted by Crippen LogP contribution is -2.30. The van der Waals surface area contributed by atoms with Crippen molar-refractivity contribution in [1.82, 2.24) is 8.75 Å². The summed E-state index contributed by atoms with van der Waals surface area (Å²) in [4.78, 5) is 27.7. The summed E-state index contributed by atoms with van der Waals surface area (Å²) in [6.07, 6.45) is 1.09. The molecule has 0 saturated carbocycles. The Kier molecular flexibility index (Phi) is 10.5. The first-order valence-electron chi connectivity index (χ1n) is 15.2. The highest BCUT2D eigenvalue weighted by molar-refractivity contribution is 7.00. The van der Waals surface area contributed by atoms with Gasteiger partial charge in [-0.15, -0.1) is 0 Å². The molecular formula is C37H38N4O7S. The molecule has 49 heavy (non-hydrogen) atoms. The average Bonchev–Trinajstić information content (AvgIpc) is 3.69. The minimum Gasteiger partial charge on any atom is -0.493 e. The maximum atomic E-state index is 13.4. The molecule has 6 rings (SSSR count). The molecule has 0 fully saturated rings. The number of methoxy groups -OCH3 is 3. The predicted octanol–water partition coefficient (Wildman–Crippen LogP) is 5.75. The maximum Gasteiger partial charge on any atom is 0.342 e. The van der Waals surface area contributed by atoms with Gasteiger partial charge < -0.3 is 33.9 Å². The van der Waals surface area contributed by atoms with Gasteiger partial charge in [0.05, 0.1) is 38.6 Å². The van der Waals surface area contributed by atoms with E-state index in [-0.39, 0.29) is 17.6 Å². The van der Waals surface area contributed by atoms with Crippen LogP contribution >= 0.6 is 11.7 Å². The summed E-state index contributed by atoms with van der Waals surface area (Å²) in [6, 6.07) is 23.9. The van der Waals surface area contributed by atoms with Crippen LogP contribution in [0.25, 0.3) is 16.6 Å². The average molecular weight is 683 g/mol. The first-order valence-corrected chi connectivity index (χ1v) is 16.0. The Hall–Kier alpha value is -5.46. The molecule has 5 aromatic rings. The lowest BCUT2D eigenvalue weighted by molar-refractivity contribution is -0.185. The minimum atomic E-state index is -2.09. The molecular weight excluding hydrogens is 644 g/mol. The number of carbonyl (C=O) groups excluding carboxylic acids is 2. The standard InChI is InChI=1S/C28H27N3O6S.C9H11NO/c1-31(2)19-9-6-16(7-10-19)12-20-25(17-8-11-21-22(13-17)30-38-29-21)27(32)37-28(20,33)18-14-23(34-3)26(36-5)24(15-18)35-4;1-10(2)9-5-3-8(7-11)4-6-9/h6-11,13-15,33H,12H2,1-5H3;3-7H,1-2H3. The van der Waals surface area contributed by atoms with Gasteiger partial charge in [-0.25, -0.2) is 4.79 Å². The zero-order valence-electron chi connectivity index (χ0n) is 28.4. The van der Waals surface area contributed by atoms with Crippen LogP contribution in [0.4, 0.5) is 11.4 Å². The summed E-state index contributed by atoms with van der Waals surface area (Å²) >= 11 is 1.09. The number of aromatic nitrogens is 2. The van der Waals surface area contributed by atoms with Gasteiger partial charge >= 0.3 is 5.97 Å². The molecule has 12 heteroatoms. The van der Waals surface area contributed by atoms with E-state index in [1.54, 1.807) is 30.3 Å². The fourth-order valence-corrected chi connectivity index (χ4v) is 5.97. The molecule has 0 radical (unpaired) electrons. The van der Waals surface area contributed by atoms with E-state index in [9.17, 15) is 14.7 Å². The van der Waals surface area contributed by atoms with Crippen molar-refractivity contribution in [2.45, 2.75) is 12.2 Å². The van der Waals surface area contributed by atoms with Crippen molar-refractivity contribution in [2.75, 3.05) is 59.3 Å². The second-order valence-corrected chi connectivity index (χ2v) is 12.1. The summed E-state index contributed by atoms with van der Waals surface area (Å²) in [5.41, 5.74) is 6.64. The first kappa shape index (κ1) is 34.9. The smallest absolute Gasteiger partial charge is 0.342 e. The van der Waals surface area contributed by atoms with Gasteiger partial charge in [-0.3, -0.25) is 4.79 Å². The Morgan fingerprint density at radius 2 is 1.37 bits per heavy atom. The number of hydrogen-bond acceptors (Lipinski definition) is 12. The highest BCUT2D eigenvalue weighted by Gasteiger charge is 2.49. The molecule has 1 aromatic heterocycles.